The van der Waals surface area contributed by atoms with Crippen LogP contribution in [-0.2, 0) is 10.0 Å². The molecule has 30 heavy (non-hydrogen) atoms. The average molecular weight is 434 g/mol. The number of hydrogen-bond acceptors (Lipinski definition) is 6. The molecule has 1 heterocycles. The molecule has 1 aliphatic rings. The fraction of sp³-hybridized carbons (Fsp3) is 0.409. The molecule has 0 spiro atoms. The Morgan fingerprint density at radius 3 is 1.97 bits per heavy atom. The molecule has 0 amide bonds. The van der Waals surface area contributed by atoms with Crippen molar-refractivity contribution in [2.75, 3.05) is 27.3 Å². The molecule has 0 aliphatic carbocycles. The van der Waals surface area contributed by atoms with E-state index in [1.54, 1.807) is 18.2 Å². The standard InChI is InChI=1S/C22H27NO6S/c1-15-12-16(2)14-23(13-15)30(25,26)18-10-8-17(9-11-18)22(24)29-21-19(27-3)6-5-7-20(21)28-4/h5-11,15-16H,12-14H2,1-4H3/t15-,16+. The van der Waals surface area contributed by atoms with Crippen LogP contribution in [0.5, 0.6) is 17.2 Å². The molecule has 3 rings (SSSR count). The lowest BCUT2D eigenvalue weighted by Gasteiger charge is -2.34. The third-order valence-corrected chi connectivity index (χ3v) is 6.99. The van der Waals surface area contributed by atoms with Crippen molar-refractivity contribution < 1.29 is 27.4 Å². The first-order chi connectivity index (χ1) is 14.3. The summed E-state index contributed by atoms with van der Waals surface area (Å²) in [6.45, 7) is 5.13. The number of piperidine rings is 1. The van der Waals surface area contributed by atoms with Crippen molar-refractivity contribution in [2.24, 2.45) is 11.8 Å². The van der Waals surface area contributed by atoms with Gasteiger partial charge in [0.15, 0.2) is 11.5 Å². The number of carbonyl (C=O) groups excluding carboxylic acids is 1. The molecule has 0 N–H and O–H groups in total. The summed E-state index contributed by atoms with van der Waals surface area (Å²) in [6.07, 6.45) is 1.02. The molecule has 0 aromatic heterocycles. The van der Waals surface area contributed by atoms with Gasteiger partial charge in [0.1, 0.15) is 0 Å². The van der Waals surface area contributed by atoms with Crippen LogP contribution in [0.3, 0.4) is 0 Å². The highest BCUT2D eigenvalue weighted by Crippen LogP contribution is 2.37. The van der Waals surface area contributed by atoms with Crippen LogP contribution in [0.2, 0.25) is 0 Å². The number of carbonyl (C=O) groups is 1. The summed E-state index contributed by atoms with van der Waals surface area (Å²) in [6, 6.07) is 10.8. The molecule has 2 aromatic carbocycles. The molecule has 0 bridgehead atoms. The van der Waals surface area contributed by atoms with Crippen LogP contribution in [0, 0.1) is 11.8 Å². The molecular formula is C22H27NO6S. The molecule has 8 heteroatoms. The Bertz CT molecular complexity index is 971. The minimum atomic E-state index is -3.61. The molecule has 7 nitrogen and oxygen atoms in total. The number of hydrogen-bond donors (Lipinski definition) is 0. The predicted octanol–water partition coefficient (Wildman–Crippen LogP) is 3.59. The molecule has 2 atom stereocenters. The van der Waals surface area contributed by atoms with E-state index in [1.165, 1.54) is 42.8 Å². The van der Waals surface area contributed by atoms with Crippen molar-refractivity contribution in [1.82, 2.24) is 4.31 Å². The van der Waals surface area contributed by atoms with E-state index in [-0.39, 0.29) is 16.2 Å². The van der Waals surface area contributed by atoms with Crippen LogP contribution in [0.4, 0.5) is 0 Å². The Balaban J connectivity index is 1.80. The van der Waals surface area contributed by atoms with E-state index in [9.17, 15) is 13.2 Å². The maximum atomic E-state index is 13.0. The minimum Gasteiger partial charge on any atom is -0.493 e. The first-order valence-corrected chi connectivity index (χ1v) is 11.2. The van der Waals surface area contributed by atoms with Crippen molar-refractivity contribution in [3.8, 4) is 17.2 Å². The van der Waals surface area contributed by atoms with Crippen molar-refractivity contribution in [3.63, 3.8) is 0 Å². The van der Waals surface area contributed by atoms with Gasteiger partial charge >= 0.3 is 5.97 Å². The Morgan fingerprint density at radius 1 is 0.933 bits per heavy atom. The van der Waals surface area contributed by atoms with Crippen LogP contribution in [0.1, 0.15) is 30.6 Å². The highest BCUT2D eigenvalue weighted by Gasteiger charge is 2.31. The van der Waals surface area contributed by atoms with Gasteiger partial charge < -0.3 is 14.2 Å². The second kappa shape index (κ2) is 9.06. The summed E-state index contributed by atoms with van der Waals surface area (Å²) < 4.78 is 43.4. The zero-order valence-electron chi connectivity index (χ0n) is 17.6. The first-order valence-electron chi connectivity index (χ1n) is 9.79. The third kappa shape index (κ3) is 4.60. The molecule has 0 radical (unpaired) electrons. The SMILES string of the molecule is COc1cccc(OC)c1OC(=O)c1ccc(S(=O)(=O)N2C[C@H](C)C[C@H](C)C2)cc1. The summed E-state index contributed by atoms with van der Waals surface area (Å²) in [7, 11) is -0.677. The van der Waals surface area contributed by atoms with Gasteiger partial charge in [0, 0.05) is 13.1 Å². The smallest absolute Gasteiger partial charge is 0.343 e. The topological polar surface area (TPSA) is 82.1 Å². The second-order valence-corrected chi connectivity index (χ2v) is 9.61. The molecule has 1 aliphatic heterocycles. The summed E-state index contributed by atoms with van der Waals surface area (Å²) >= 11 is 0. The van der Waals surface area contributed by atoms with E-state index in [0.717, 1.165) is 6.42 Å². The van der Waals surface area contributed by atoms with Gasteiger partial charge in [-0.05, 0) is 54.7 Å². The molecule has 1 fully saturated rings. The Labute approximate surface area is 177 Å². The van der Waals surface area contributed by atoms with E-state index < -0.39 is 16.0 Å². The molecule has 162 valence electrons. The lowest BCUT2D eigenvalue weighted by Crippen LogP contribution is -2.42. The number of ether oxygens (including phenoxy) is 3. The average Bonchev–Trinajstić information content (AvgIpc) is 2.73. The van der Waals surface area contributed by atoms with Crippen molar-refractivity contribution in [1.29, 1.82) is 0 Å². The van der Waals surface area contributed by atoms with Gasteiger partial charge in [0.25, 0.3) is 0 Å². The monoisotopic (exact) mass is 433 g/mol. The maximum absolute atomic E-state index is 13.0. The zero-order valence-corrected chi connectivity index (χ0v) is 18.4. The van der Waals surface area contributed by atoms with E-state index >= 15 is 0 Å². The predicted molar refractivity (Wildman–Crippen MR) is 113 cm³/mol. The number of benzene rings is 2. The Hall–Kier alpha value is -2.58. The van der Waals surface area contributed by atoms with Crippen molar-refractivity contribution >= 4 is 16.0 Å². The van der Waals surface area contributed by atoms with Gasteiger partial charge in [0.2, 0.25) is 15.8 Å². The molecule has 0 unspecified atom stereocenters. The fourth-order valence-corrected chi connectivity index (χ4v) is 5.46. The van der Waals surface area contributed by atoms with Gasteiger partial charge in [-0.2, -0.15) is 4.31 Å². The first kappa shape index (κ1) is 22.1. The van der Waals surface area contributed by atoms with Crippen LogP contribution in [0.15, 0.2) is 47.4 Å². The Kier molecular flexibility index (Phi) is 6.67. The lowest BCUT2D eigenvalue weighted by atomic mass is 9.94. The number of sulfonamides is 1. The fourth-order valence-electron chi connectivity index (χ4n) is 3.78. The van der Waals surface area contributed by atoms with Crippen molar-refractivity contribution in [3.05, 3.63) is 48.0 Å². The largest absolute Gasteiger partial charge is 0.493 e. The van der Waals surface area contributed by atoms with Crippen LogP contribution in [0.25, 0.3) is 0 Å². The lowest BCUT2D eigenvalue weighted by molar-refractivity contribution is 0.0724. The van der Waals surface area contributed by atoms with E-state index in [2.05, 4.69) is 13.8 Å². The number of esters is 1. The summed E-state index contributed by atoms with van der Waals surface area (Å²) in [5.74, 6) is 0.871. The number of para-hydroxylation sites is 1. The van der Waals surface area contributed by atoms with Crippen molar-refractivity contribution in [2.45, 2.75) is 25.2 Å². The van der Waals surface area contributed by atoms with E-state index in [1.807, 2.05) is 0 Å². The molecular weight excluding hydrogens is 406 g/mol. The number of methoxy groups -OCH3 is 2. The van der Waals surface area contributed by atoms with Gasteiger partial charge in [-0.3, -0.25) is 0 Å². The van der Waals surface area contributed by atoms with Gasteiger partial charge in [-0.25, -0.2) is 13.2 Å². The minimum absolute atomic E-state index is 0.162. The molecule has 2 aromatic rings. The van der Waals surface area contributed by atoms with Crippen LogP contribution < -0.4 is 14.2 Å². The third-order valence-electron chi connectivity index (χ3n) is 5.14. The summed E-state index contributed by atoms with van der Waals surface area (Å²) in [4.78, 5) is 12.8. The quantitative estimate of drug-likeness (QED) is 0.512. The van der Waals surface area contributed by atoms with Crippen LogP contribution in [-0.4, -0.2) is 46.0 Å². The summed E-state index contributed by atoms with van der Waals surface area (Å²) in [5.41, 5.74) is 0.224. The molecule has 1 saturated heterocycles. The maximum Gasteiger partial charge on any atom is 0.343 e. The van der Waals surface area contributed by atoms with E-state index in [0.29, 0.717) is 36.4 Å². The van der Waals surface area contributed by atoms with Crippen LogP contribution >= 0.6 is 0 Å². The van der Waals surface area contributed by atoms with Gasteiger partial charge in [-0.1, -0.05) is 19.9 Å². The second-order valence-electron chi connectivity index (χ2n) is 7.67. The van der Waals surface area contributed by atoms with E-state index in [4.69, 9.17) is 14.2 Å². The normalized spacial score (nSPS) is 19.9. The zero-order chi connectivity index (χ0) is 21.9. The highest BCUT2D eigenvalue weighted by atomic mass is 32.2. The Morgan fingerprint density at radius 2 is 1.47 bits per heavy atom. The summed E-state index contributed by atoms with van der Waals surface area (Å²) in [5, 5.41) is 0. The number of rotatable bonds is 6. The molecule has 0 saturated carbocycles. The van der Waals surface area contributed by atoms with Gasteiger partial charge in [0.05, 0.1) is 24.7 Å². The highest BCUT2D eigenvalue weighted by molar-refractivity contribution is 7.89. The van der Waals surface area contributed by atoms with Gasteiger partial charge in [-0.15, -0.1) is 0 Å². The number of nitrogens with zero attached hydrogens (tertiary/aromatic N) is 1.